The van der Waals surface area contributed by atoms with Crippen molar-refractivity contribution in [3.05, 3.63) is 53.0 Å². The van der Waals surface area contributed by atoms with Crippen molar-refractivity contribution in [1.82, 2.24) is 0 Å². The smallest absolute Gasteiger partial charge is 0.221 e. The van der Waals surface area contributed by atoms with Crippen molar-refractivity contribution >= 4 is 27.5 Å². The molecule has 19 heavy (non-hydrogen) atoms. The number of hydrogen-bond acceptors (Lipinski definition) is 3. The molecule has 0 fully saturated rings. The molecule has 4 nitrogen and oxygen atoms in total. The maximum Gasteiger partial charge on any atom is 0.221 e. The molecule has 0 aromatic heterocycles. The van der Waals surface area contributed by atoms with E-state index in [1.165, 1.54) is 13.0 Å². The third-order valence-corrected chi connectivity index (χ3v) is 2.57. The summed E-state index contributed by atoms with van der Waals surface area (Å²) in [6.07, 6.45) is 0. The first-order chi connectivity index (χ1) is 8.99. The molecule has 2 aromatic carbocycles. The van der Waals surface area contributed by atoms with Crippen LogP contribution in [0.25, 0.3) is 0 Å². The van der Waals surface area contributed by atoms with E-state index < -0.39 is 0 Å². The van der Waals surface area contributed by atoms with Crippen molar-refractivity contribution in [1.29, 1.82) is 0 Å². The molecule has 0 unspecified atom stereocenters. The van der Waals surface area contributed by atoms with Crippen LogP contribution in [-0.4, -0.2) is 16.1 Å². The zero-order chi connectivity index (χ0) is 14.3. The number of carbonyl (C=O) groups excluding carboxylic acids is 1. The lowest BCUT2D eigenvalue weighted by Crippen LogP contribution is -2.05. The van der Waals surface area contributed by atoms with Gasteiger partial charge in [-0.1, -0.05) is 28.1 Å². The van der Waals surface area contributed by atoms with Gasteiger partial charge in [0.25, 0.3) is 0 Å². The molecule has 0 aliphatic carbocycles. The van der Waals surface area contributed by atoms with Crippen molar-refractivity contribution in [2.75, 3.05) is 5.32 Å². The monoisotopic (exact) mass is 323 g/mol. The molecular weight excluding hydrogens is 310 g/mol. The normalized spacial score (nSPS) is 9.16. The van der Waals surface area contributed by atoms with E-state index in [-0.39, 0.29) is 11.7 Å². The van der Waals surface area contributed by atoms with E-state index in [9.17, 15) is 4.79 Å². The molecule has 100 valence electrons. The predicted molar refractivity (Wildman–Crippen MR) is 78.2 cm³/mol. The summed E-state index contributed by atoms with van der Waals surface area (Å²) in [5, 5.41) is 20.4. The molecule has 0 aliphatic heterocycles. The summed E-state index contributed by atoms with van der Waals surface area (Å²) < 4.78 is 0.982. The number of nitrogens with one attached hydrogen (secondary N) is 1. The minimum absolute atomic E-state index is 0.0858. The fourth-order valence-corrected chi connectivity index (χ4v) is 1.47. The summed E-state index contributed by atoms with van der Waals surface area (Å²) in [4.78, 5) is 10.5. The predicted octanol–water partition coefficient (Wildman–Crippen LogP) is 3.51. The Morgan fingerprint density at radius 2 is 1.63 bits per heavy atom. The molecule has 5 heteroatoms. The lowest BCUT2D eigenvalue weighted by molar-refractivity contribution is -0.114. The second kappa shape index (κ2) is 7.43. The summed E-state index contributed by atoms with van der Waals surface area (Å²) in [6, 6.07) is 13.4. The summed E-state index contributed by atoms with van der Waals surface area (Å²) in [5.74, 6) is 0.197. The van der Waals surface area contributed by atoms with Gasteiger partial charge in [0.15, 0.2) is 0 Å². The Morgan fingerprint density at radius 3 is 2.11 bits per heavy atom. The second-order valence-electron chi connectivity index (χ2n) is 3.67. The lowest BCUT2D eigenvalue weighted by Gasteiger charge is -2.02. The largest absolute Gasteiger partial charge is 0.508 e. The van der Waals surface area contributed by atoms with Crippen molar-refractivity contribution in [2.45, 2.75) is 6.92 Å². The van der Waals surface area contributed by atoms with E-state index in [4.69, 9.17) is 10.2 Å². The summed E-state index contributed by atoms with van der Waals surface area (Å²) in [7, 11) is 0. The van der Waals surface area contributed by atoms with Crippen molar-refractivity contribution < 1.29 is 15.0 Å². The Hall–Kier alpha value is -2.01. The first-order valence-electron chi connectivity index (χ1n) is 5.49. The molecule has 0 atom stereocenters. The van der Waals surface area contributed by atoms with Gasteiger partial charge in [-0.3, -0.25) is 4.79 Å². The zero-order valence-corrected chi connectivity index (χ0v) is 11.9. The first kappa shape index (κ1) is 15.0. The number of phenolic OH excluding ortho intramolecular Hbond substituents is 2. The minimum atomic E-state index is -0.188. The number of hydrogen-bond donors (Lipinski definition) is 3. The van der Waals surface area contributed by atoms with E-state index in [1.807, 2.05) is 0 Å². The molecule has 0 saturated carbocycles. The van der Waals surface area contributed by atoms with E-state index in [1.54, 1.807) is 42.5 Å². The summed E-state index contributed by atoms with van der Waals surface area (Å²) >= 11 is 3.23. The van der Waals surface area contributed by atoms with Crippen LogP contribution in [0, 0.1) is 0 Å². The van der Waals surface area contributed by atoms with Crippen molar-refractivity contribution in [2.24, 2.45) is 0 Å². The number of rotatable bonds is 1. The number of phenols is 2. The number of halogens is 1. The minimum Gasteiger partial charge on any atom is -0.508 e. The van der Waals surface area contributed by atoms with E-state index in [2.05, 4.69) is 21.2 Å². The van der Waals surface area contributed by atoms with Gasteiger partial charge in [-0.25, -0.2) is 0 Å². The quantitative estimate of drug-likeness (QED) is 0.703. The van der Waals surface area contributed by atoms with Gasteiger partial charge in [0.1, 0.15) is 11.5 Å². The van der Waals surface area contributed by atoms with E-state index in [0.717, 1.165) is 4.47 Å². The van der Waals surface area contributed by atoms with E-state index in [0.29, 0.717) is 11.4 Å². The van der Waals surface area contributed by atoms with Gasteiger partial charge < -0.3 is 15.5 Å². The van der Waals surface area contributed by atoms with Gasteiger partial charge in [-0.2, -0.15) is 0 Å². The molecule has 0 saturated heterocycles. The number of carbonyl (C=O) groups is 1. The van der Waals surface area contributed by atoms with Gasteiger partial charge in [-0.05, 0) is 36.4 Å². The third-order valence-electron chi connectivity index (χ3n) is 2.04. The summed E-state index contributed by atoms with van der Waals surface area (Å²) in [5.41, 5.74) is 0.444. The second-order valence-corrected chi connectivity index (χ2v) is 4.59. The molecular formula is C14H14BrNO3. The molecule has 0 spiro atoms. The van der Waals surface area contributed by atoms with Crippen LogP contribution in [0.1, 0.15) is 6.92 Å². The van der Waals surface area contributed by atoms with Crippen LogP contribution in [0.15, 0.2) is 53.0 Å². The van der Waals surface area contributed by atoms with E-state index >= 15 is 0 Å². The molecule has 2 rings (SSSR count). The third kappa shape index (κ3) is 5.92. The number of benzene rings is 2. The van der Waals surface area contributed by atoms with Crippen LogP contribution >= 0.6 is 15.9 Å². The van der Waals surface area contributed by atoms with Crippen LogP contribution in [0.2, 0.25) is 0 Å². The highest BCUT2D eigenvalue weighted by Crippen LogP contribution is 2.20. The molecule has 3 N–H and O–H groups in total. The number of aromatic hydroxyl groups is 2. The van der Waals surface area contributed by atoms with Gasteiger partial charge in [0.2, 0.25) is 5.91 Å². The Balaban J connectivity index is 0.000000200. The van der Waals surface area contributed by atoms with Gasteiger partial charge >= 0.3 is 0 Å². The Bertz CT molecular complexity index is 520. The maximum atomic E-state index is 10.5. The highest BCUT2D eigenvalue weighted by atomic mass is 79.9. The molecule has 1 amide bonds. The lowest BCUT2D eigenvalue weighted by atomic mass is 10.3. The number of para-hydroxylation sites is 2. The fourth-order valence-electron chi connectivity index (χ4n) is 1.21. The van der Waals surface area contributed by atoms with Gasteiger partial charge in [-0.15, -0.1) is 0 Å². The molecule has 0 bridgehead atoms. The van der Waals surface area contributed by atoms with Crippen molar-refractivity contribution in [3.8, 4) is 11.5 Å². The standard InChI is InChI=1S/C8H9NO2.C6H5BrO/c1-6(10)9-7-4-2-3-5-8(7)11;7-5-1-3-6(8)4-2-5/h2-5,11H,1H3,(H,9,10);1-4,8H. The molecule has 0 heterocycles. The number of anilines is 1. The molecule has 2 aromatic rings. The Kier molecular flexibility index (Phi) is 5.89. The SMILES string of the molecule is CC(=O)Nc1ccccc1O.Oc1ccc(Br)cc1. The van der Waals surface area contributed by atoms with Crippen LogP contribution in [0.5, 0.6) is 11.5 Å². The number of amides is 1. The Labute approximate surface area is 119 Å². The maximum absolute atomic E-state index is 10.5. The Morgan fingerprint density at radius 1 is 1.05 bits per heavy atom. The van der Waals surface area contributed by atoms with Crippen molar-refractivity contribution in [3.63, 3.8) is 0 Å². The average molecular weight is 324 g/mol. The van der Waals surface area contributed by atoms with Crippen LogP contribution in [-0.2, 0) is 4.79 Å². The van der Waals surface area contributed by atoms with Crippen LogP contribution in [0.4, 0.5) is 5.69 Å². The topological polar surface area (TPSA) is 69.6 Å². The molecule has 0 aliphatic rings. The highest BCUT2D eigenvalue weighted by molar-refractivity contribution is 9.10. The van der Waals surface area contributed by atoms with Crippen LogP contribution in [0.3, 0.4) is 0 Å². The summed E-state index contributed by atoms with van der Waals surface area (Å²) in [6.45, 7) is 1.40. The zero-order valence-electron chi connectivity index (χ0n) is 10.3. The average Bonchev–Trinajstić information content (AvgIpc) is 2.36. The fraction of sp³-hybridized carbons (Fsp3) is 0.0714. The van der Waals surface area contributed by atoms with Crippen LogP contribution < -0.4 is 5.32 Å². The first-order valence-corrected chi connectivity index (χ1v) is 6.28. The molecule has 0 radical (unpaired) electrons. The highest BCUT2D eigenvalue weighted by Gasteiger charge is 1.98. The van der Waals surface area contributed by atoms with Gasteiger partial charge in [0, 0.05) is 11.4 Å². The van der Waals surface area contributed by atoms with Gasteiger partial charge in [0.05, 0.1) is 5.69 Å².